The number of benzene rings is 4. The summed E-state index contributed by atoms with van der Waals surface area (Å²) in [7, 11) is 4.18. The third kappa shape index (κ3) is 5.38. The van der Waals surface area contributed by atoms with Crippen molar-refractivity contribution in [1.29, 1.82) is 0 Å². The number of hydrogen-bond acceptors (Lipinski definition) is 4. The van der Waals surface area contributed by atoms with Gasteiger partial charge >= 0.3 is 21.1 Å². The number of aliphatic hydroxyl groups is 2. The van der Waals surface area contributed by atoms with Gasteiger partial charge in [0.05, 0.1) is 0 Å². The third-order valence-electron chi connectivity index (χ3n) is 7.24. The molecule has 2 atom stereocenters. The van der Waals surface area contributed by atoms with Crippen molar-refractivity contribution in [3.8, 4) is 22.3 Å². The second-order valence-corrected chi connectivity index (χ2v) is 9.35. The zero-order chi connectivity index (χ0) is 25.1. The molecular weight excluding hydrogens is 639 g/mol. The third-order valence-corrected chi connectivity index (χ3v) is 7.24. The van der Waals surface area contributed by atoms with Crippen LogP contribution in [-0.4, -0.2) is 37.5 Å². The van der Waals surface area contributed by atoms with Crippen molar-refractivity contribution in [3.63, 3.8) is 0 Å². The zero-order valence-electron chi connectivity index (χ0n) is 21.2. The molecule has 2 unspecified atom stereocenters. The van der Waals surface area contributed by atoms with Crippen molar-refractivity contribution in [2.24, 2.45) is 0 Å². The van der Waals surface area contributed by atoms with Crippen LogP contribution in [0.2, 0.25) is 0 Å². The van der Waals surface area contributed by atoms with Crippen LogP contribution in [-0.2, 0) is 21.1 Å². The van der Waals surface area contributed by atoms with E-state index in [-0.39, 0.29) is 46.4 Å². The van der Waals surface area contributed by atoms with Crippen LogP contribution in [0, 0.1) is 12.1 Å². The second-order valence-electron chi connectivity index (χ2n) is 9.35. The molecule has 4 aromatic carbocycles. The van der Waals surface area contributed by atoms with Crippen LogP contribution < -0.4 is 9.80 Å². The zero-order valence-corrected chi connectivity index (χ0v) is 23.4. The molecule has 37 heavy (non-hydrogen) atoms. The smallest absolute Gasteiger partial charge is 0.396 e. The first-order chi connectivity index (χ1) is 17.6. The molecule has 0 radical (unpaired) electrons. The first-order valence-corrected chi connectivity index (χ1v) is 12.5. The minimum atomic E-state index is -0.0470. The molecule has 4 nitrogen and oxygen atoms in total. The predicted octanol–water partition coefficient (Wildman–Crippen LogP) is 6.05. The SMILES string of the molecule is CN1c2ccccc2-c2[c-]c(ccc2)C(CCO)N(C)c2ccccc2-c2[c-]c(ccc2)C1CCO.[Pt+4]. The Kier molecular flexibility index (Phi) is 8.86. The van der Waals surface area contributed by atoms with Crippen LogP contribution in [0.1, 0.15) is 36.1 Å². The van der Waals surface area contributed by atoms with Crippen LogP contribution in [0.5, 0.6) is 0 Å². The summed E-state index contributed by atoms with van der Waals surface area (Å²) in [5.74, 6) is 0. The Balaban J connectivity index is 0.00000320. The van der Waals surface area contributed by atoms with E-state index >= 15 is 0 Å². The summed E-state index contributed by atoms with van der Waals surface area (Å²) in [5.41, 5.74) is 8.43. The van der Waals surface area contributed by atoms with Crippen molar-refractivity contribution in [2.45, 2.75) is 24.9 Å². The number of anilines is 2. The van der Waals surface area contributed by atoms with Crippen molar-refractivity contribution in [1.82, 2.24) is 0 Å². The molecule has 1 aliphatic heterocycles. The average molecular weight is 672 g/mol. The number of hydrogen-bond donors (Lipinski definition) is 2. The summed E-state index contributed by atoms with van der Waals surface area (Å²) < 4.78 is 0. The standard InChI is InChI=1S/C32H32N2O2.Pt/c1-33-29(17-19-35)25-11-7-10-24(21-25)28-14-4-6-16-32(28)34(2)30(18-20-36)26-12-8-9-23(22-26)27-13-3-5-15-31(27)33;/h3-16,29-30,35-36H,17-20H2,1-2H3;/q-2;+4. The van der Waals surface area contributed by atoms with Crippen molar-refractivity contribution in [3.05, 3.63) is 108 Å². The molecule has 1 heterocycles. The summed E-state index contributed by atoms with van der Waals surface area (Å²) in [4.78, 5) is 4.49. The maximum atomic E-state index is 10.00. The maximum Gasteiger partial charge on any atom is 4.00 e. The fourth-order valence-electron chi connectivity index (χ4n) is 5.39. The quantitative estimate of drug-likeness (QED) is 0.260. The van der Waals surface area contributed by atoms with Gasteiger partial charge in [-0.1, -0.05) is 47.5 Å². The van der Waals surface area contributed by atoms with Gasteiger partial charge in [-0.3, -0.25) is 0 Å². The predicted molar refractivity (Wildman–Crippen MR) is 147 cm³/mol. The molecule has 0 aliphatic carbocycles. The van der Waals surface area contributed by atoms with Gasteiger partial charge in [-0.25, -0.2) is 0 Å². The summed E-state index contributed by atoms with van der Waals surface area (Å²) in [6.07, 6.45) is 1.18. The van der Waals surface area contributed by atoms with Crippen LogP contribution >= 0.6 is 0 Å². The van der Waals surface area contributed by atoms with Gasteiger partial charge in [0.25, 0.3) is 0 Å². The summed E-state index contributed by atoms with van der Waals surface area (Å²) >= 11 is 0. The van der Waals surface area contributed by atoms with Crippen LogP contribution in [0.25, 0.3) is 22.3 Å². The first-order valence-electron chi connectivity index (χ1n) is 12.5. The fourth-order valence-corrected chi connectivity index (χ4v) is 5.39. The first kappa shape index (κ1) is 27.1. The largest absolute Gasteiger partial charge is 4.00 e. The van der Waals surface area contributed by atoms with E-state index in [0.29, 0.717) is 12.8 Å². The topological polar surface area (TPSA) is 46.9 Å². The Morgan fingerprint density at radius 1 is 0.595 bits per heavy atom. The molecule has 0 saturated heterocycles. The Morgan fingerprint density at radius 3 is 1.41 bits per heavy atom. The maximum absolute atomic E-state index is 10.00. The van der Waals surface area contributed by atoms with E-state index in [1.54, 1.807) is 0 Å². The Bertz CT molecular complexity index is 1240. The number of para-hydroxylation sites is 2. The monoisotopic (exact) mass is 671 g/mol. The molecule has 0 saturated carbocycles. The normalized spacial score (nSPS) is 16.8. The van der Waals surface area contributed by atoms with E-state index in [1.165, 1.54) is 0 Å². The Morgan fingerprint density at radius 2 is 1.00 bits per heavy atom. The fraction of sp³-hybridized carbons (Fsp3) is 0.250. The van der Waals surface area contributed by atoms with Crippen molar-refractivity contribution in [2.75, 3.05) is 37.1 Å². The van der Waals surface area contributed by atoms with Crippen molar-refractivity contribution < 1.29 is 31.3 Å². The van der Waals surface area contributed by atoms with E-state index < -0.39 is 0 Å². The van der Waals surface area contributed by atoms with Crippen LogP contribution in [0.15, 0.2) is 84.9 Å². The molecule has 4 aromatic rings. The summed E-state index contributed by atoms with van der Waals surface area (Å²) in [5, 5.41) is 20.0. The van der Waals surface area contributed by atoms with E-state index in [1.807, 2.05) is 0 Å². The number of fused-ring (bicyclic) bond motifs is 8. The van der Waals surface area contributed by atoms with Gasteiger partial charge in [0.2, 0.25) is 0 Å². The molecule has 1 aliphatic rings. The number of nitrogens with zero attached hydrogens (tertiary/aromatic N) is 2. The molecule has 0 fully saturated rings. The van der Waals surface area contributed by atoms with Gasteiger partial charge in [0, 0.05) is 50.8 Å². The molecule has 0 aromatic heterocycles. The Labute approximate surface area is 234 Å². The van der Waals surface area contributed by atoms with Gasteiger partial charge in [0.15, 0.2) is 0 Å². The van der Waals surface area contributed by atoms with Gasteiger partial charge < -0.3 is 20.0 Å². The van der Waals surface area contributed by atoms with E-state index in [4.69, 9.17) is 0 Å². The molecule has 190 valence electrons. The van der Waals surface area contributed by atoms with Gasteiger partial charge in [-0.15, -0.1) is 70.8 Å². The number of rotatable bonds is 4. The molecular formula is C32H32N2O2Pt+2. The molecule has 5 rings (SSSR count). The van der Waals surface area contributed by atoms with Crippen molar-refractivity contribution >= 4 is 11.4 Å². The van der Waals surface area contributed by atoms with Crippen LogP contribution in [0.3, 0.4) is 0 Å². The van der Waals surface area contributed by atoms with Crippen LogP contribution in [0.4, 0.5) is 11.4 Å². The molecule has 0 spiro atoms. The Hall–Kier alpha value is -2.91. The minimum absolute atomic E-state index is 0. The van der Waals surface area contributed by atoms with E-state index in [2.05, 4.69) is 121 Å². The van der Waals surface area contributed by atoms with E-state index in [9.17, 15) is 10.2 Å². The number of aliphatic hydroxyl groups excluding tert-OH is 2. The van der Waals surface area contributed by atoms with Gasteiger partial charge in [-0.2, -0.15) is 0 Å². The molecule has 0 amide bonds. The second kappa shape index (κ2) is 12.1. The molecule has 5 heteroatoms. The summed E-state index contributed by atoms with van der Waals surface area (Å²) in [6, 6.07) is 36.6. The molecule has 4 bridgehead atoms. The molecule has 2 N–H and O–H groups in total. The minimum Gasteiger partial charge on any atom is -0.396 e. The summed E-state index contributed by atoms with van der Waals surface area (Å²) in [6.45, 7) is 0.165. The van der Waals surface area contributed by atoms with Gasteiger partial charge in [-0.05, 0) is 25.0 Å². The van der Waals surface area contributed by atoms with E-state index in [0.717, 1.165) is 44.8 Å². The van der Waals surface area contributed by atoms with Gasteiger partial charge in [0.1, 0.15) is 0 Å². The average Bonchev–Trinajstić information content (AvgIpc) is 2.93.